The maximum atomic E-state index is 13.0. The molecule has 1 saturated carbocycles. The van der Waals surface area contributed by atoms with E-state index in [1.807, 2.05) is 32.9 Å². The molecule has 0 amide bonds. The second-order valence-corrected chi connectivity index (χ2v) is 9.49. The van der Waals surface area contributed by atoms with Gasteiger partial charge in [-0.1, -0.05) is 36.4 Å². The van der Waals surface area contributed by atoms with Crippen LogP contribution in [0.1, 0.15) is 69.1 Å². The largest absolute Gasteiger partial charge is 0.459 e. The molecule has 31 heavy (non-hydrogen) atoms. The van der Waals surface area contributed by atoms with Crippen LogP contribution in [0.4, 0.5) is 4.39 Å². The number of carbonyl (C=O) groups is 1. The first kappa shape index (κ1) is 23.4. The van der Waals surface area contributed by atoms with Gasteiger partial charge in [0.05, 0.1) is 6.54 Å². The molecule has 0 spiro atoms. The maximum Gasteiger partial charge on any atom is 0.320 e. The second kappa shape index (κ2) is 10.9. The molecular weight excluding hydrogens is 391 g/mol. The van der Waals surface area contributed by atoms with E-state index >= 15 is 0 Å². The minimum atomic E-state index is -0.449. The summed E-state index contributed by atoms with van der Waals surface area (Å²) in [5, 5.41) is 6.77. The molecule has 5 heteroatoms. The molecule has 2 N–H and O–H groups in total. The number of halogens is 1. The van der Waals surface area contributed by atoms with Crippen molar-refractivity contribution < 1.29 is 13.9 Å². The minimum absolute atomic E-state index is 0.186. The van der Waals surface area contributed by atoms with Gasteiger partial charge in [-0.25, -0.2) is 4.39 Å². The van der Waals surface area contributed by atoms with Crippen molar-refractivity contribution in [1.82, 2.24) is 10.6 Å². The number of hydrogen-bond acceptors (Lipinski definition) is 4. The van der Waals surface area contributed by atoms with Crippen molar-refractivity contribution in [3.05, 3.63) is 71.0 Å². The van der Waals surface area contributed by atoms with E-state index in [-0.39, 0.29) is 18.3 Å². The number of ether oxygens (including phenoxy) is 1. The van der Waals surface area contributed by atoms with Gasteiger partial charge in [0.25, 0.3) is 0 Å². The molecule has 168 valence electrons. The lowest BCUT2D eigenvalue weighted by Gasteiger charge is -2.29. The molecule has 0 atom stereocenters. The minimum Gasteiger partial charge on any atom is -0.459 e. The van der Waals surface area contributed by atoms with Crippen molar-refractivity contribution in [3.8, 4) is 0 Å². The van der Waals surface area contributed by atoms with Gasteiger partial charge in [-0.3, -0.25) is 4.79 Å². The maximum absolute atomic E-state index is 13.0. The highest BCUT2D eigenvalue weighted by Crippen LogP contribution is 2.33. The quantitative estimate of drug-likeness (QED) is 0.579. The van der Waals surface area contributed by atoms with Gasteiger partial charge in [-0.15, -0.1) is 0 Å². The lowest BCUT2D eigenvalue weighted by molar-refractivity contribution is -0.153. The lowest BCUT2D eigenvalue weighted by Crippen LogP contribution is -2.32. The van der Waals surface area contributed by atoms with Gasteiger partial charge in [0.1, 0.15) is 11.4 Å². The van der Waals surface area contributed by atoms with Gasteiger partial charge in [-0.05, 0) is 81.2 Å². The normalized spacial score (nSPS) is 19.2. The Kier molecular flexibility index (Phi) is 8.22. The Bertz CT molecular complexity index is 820. The molecule has 0 aromatic heterocycles. The van der Waals surface area contributed by atoms with Gasteiger partial charge in [0.15, 0.2) is 0 Å². The lowest BCUT2D eigenvalue weighted by atomic mass is 9.81. The van der Waals surface area contributed by atoms with Crippen LogP contribution in [0.2, 0.25) is 0 Å². The highest BCUT2D eigenvalue weighted by molar-refractivity contribution is 5.72. The fraction of sp³-hybridized carbons (Fsp3) is 0.500. The predicted octanol–water partition coefficient (Wildman–Crippen LogP) is 5.07. The van der Waals surface area contributed by atoms with Gasteiger partial charge in [0.2, 0.25) is 0 Å². The first-order valence-corrected chi connectivity index (χ1v) is 11.3. The summed E-state index contributed by atoms with van der Waals surface area (Å²) < 4.78 is 18.3. The summed E-state index contributed by atoms with van der Waals surface area (Å²) in [7, 11) is 0. The summed E-state index contributed by atoms with van der Waals surface area (Å²) in [6.45, 7) is 7.28. The average molecular weight is 427 g/mol. The van der Waals surface area contributed by atoms with E-state index < -0.39 is 5.60 Å². The Morgan fingerprint density at radius 2 is 1.52 bits per heavy atom. The number of esters is 1. The molecule has 0 aliphatic heterocycles. The van der Waals surface area contributed by atoms with Crippen LogP contribution in [-0.2, 0) is 22.6 Å². The summed E-state index contributed by atoms with van der Waals surface area (Å²) in [6.07, 6.45) is 4.67. The molecule has 2 aromatic carbocycles. The third kappa shape index (κ3) is 8.08. The summed E-state index contributed by atoms with van der Waals surface area (Å²) in [6, 6.07) is 16.0. The zero-order valence-corrected chi connectivity index (χ0v) is 18.9. The molecule has 0 bridgehead atoms. The molecule has 1 aliphatic rings. The van der Waals surface area contributed by atoms with Crippen LogP contribution in [-0.4, -0.2) is 24.2 Å². The van der Waals surface area contributed by atoms with E-state index in [1.54, 1.807) is 0 Å². The Balaban J connectivity index is 1.37. The number of carbonyl (C=O) groups excluding carboxylic acids is 1. The Morgan fingerprint density at radius 3 is 2.13 bits per heavy atom. The van der Waals surface area contributed by atoms with Crippen LogP contribution < -0.4 is 10.6 Å². The van der Waals surface area contributed by atoms with Gasteiger partial charge in [-0.2, -0.15) is 0 Å². The van der Waals surface area contributed by atoms with Gasteiger partial charge in [0, 0.05) is 19.1 Å². The third-order valence-corrected chi connectivity index (χ3v) is 5.70. The molecule has 0 unspecified atom stereocenters. The standard InChI is InChI=1S/C26H35FN2O2/c1-26(2,3)31-25(30)18-28-16-19-4-8-21(9-5-19)22-10-14-24(15-11-22)29-17-20-6-12-23(27)13-7-20/h4-9,12-13,22,24,28-29H,10-11,14-18H2,1-3H3. The van der Waals surface area contributed by atoms with Crippen molar-refractivity contribution in [1.29, 1.82) is 0 Å². The Hall–Kier alpha value is -2.24. The fourth-order valence-corrected chi connectivity index (χ4v) is 4.09. The highest BCUT2D eigenvalue weighted by Gasteiger charge is 2.22. The molecule has 1 aliphatic carbocycles. The van der Waals surface area contributed by atoms with E-state index in [0.717, 1.165) is 24.9 Å². The fourth-order valence-electron chi connectivity index (χ4n) is 4.09. The van der Waals surface area contributed by atoms with E-state index in [0.29, 0.717) is 18.5 Å². The predicted molar refractivity (Wildman–Crippen MR) is 122 cm³/mol. The summed E-state index contributed by atoms with van der Waals surface area (Å²) in [4.78, 5) is 11.8. The molecule has 1 fully saturated rings. The van der Waals surface area contributed by atoms with E-state index in [1.165, 1.54) is 36.1 Å². The zero-order valence-electron chi connectivity index (χ0n) is 18.9. The van der Waals surface area contributed by atoms with E-state index in [4.69, 9.17) is 4.74 Å². The van der Waals surface area contributed by atoms with Crippen LogP contribution in [0.3, 0.4) is 0 Å². The average Bonchev–Trinajstić information content (AvgIpc) is 2.73. The molecule has 2 aromatic rings. The van der Waals surface area contributed by atoms with Crippen molar-refractivity contribution in [2.45, 2.75) is 77.1 Å². The molecule has 4 nitrogen and oxygen atoms in total. The zero-order chi connectivity index (χ0) is 22.3. The molecular formula is C26H35FN2O2. The monoisotopic (exact) mass is 426 g/mol. The van der Waals surface area contributed by atoms with Crippen LogP contribution >= 0.6 is 0 Å². The third-order valence-electron chi connectivity index (χ3n) is 5.70. The smallest absolute Gasteiger partial charge is 0.320 e. The Morgan fingerprint density at radius 1 is 0.935 bits per heavy atom. The summed E-state index contributed by atoms with van der Waals surface area (Å²) in [5.74, 6) is 0.190. The highest BCUT2D eigenvalue weighted by atomic mass is 19.1. The SMILES string of the molecule is CC(C)(C)OC(=O)CNCc1ccc(C2CCC(NCc3ccc(F)cc3)CC2)cc1. The molecule has 3 rings (SSSR count). The van der Waals surface area contributed by atoms with Crippen molar-refractivity contribution in [3.63, 3.8) is 0 Å². The van der Waals surface area contributed by atoms with E-state index in [9.17, 15) is 9.18 Å². The summed E-state index contributed by atoms with van der Waals surface area (Å²) >= 11 is 0. The topological polar surface area (TPSA) is 50.4 Å². The van der Waals surface area contributed by atoms with Crippen molar-refractivity contribution in [2.75, 3.05) is 6.54 Å². The second-order valence-electron chi connectivity index (χ2n) is 9.49. The van der Waals surface area contributed by atoms with Crippen LogP contribution in [0, 0.1) is 5.82 Å². The summed E-state index contributed by atoms with van der Waals surface area (Å²) in [5.41, 5.74) is 3.24. The molecule has 0 saturated heterocycles. The van der Waals surface area contributed by atoms with Crippen molar-refractivity contribution >= 4 is 5.97 Å². The number of hydrogen-bond donors (Lipinski definition) is 2. The Labute approximate surface area is 185 Å². The van der Waals surface area contributed by atoms with Crippen LogP contribution in [0.25, 0.3) is 0 Å². The van der Waals surface area contributed by atoms with Crippen molar-refractivity contribution in [2.24, 2.45) is 0 Å². The first-order valence-electron chi connectivity index (χ1n) is 11.3. The number of nitrogens with one attached hydrogen (secondary N) is 2. The van der Waals surface area contributed by atoms with E-state index in [2.05, 4.69) is 34.9 Å². The van der Waals surface area contributed by atoms with Crippen LogP contribution in [0.5, 0.6) is 0 Å². The molecule has 0 heterocycles. The van der Waals surface area contributed by atoms with Gasteiger partial charge >= 0.3 is 5.97 Å². The number of benzene rings is 2. The first-order chi connectivity index (χ1) is 14.8. The molecule has 0 radical (unpaired) electrons. The van der Waals surface area contributed by atoms with Crippen LogP contribution in [0.15, 0.2) is 48.5 Å². The van der Waals surface area contributed by atoms with Gasteiger partial charge < -0.3 is 15.4 Å². The number of rotatable bonds is 8.